The van der Waals surface area contributed by atoms with Crippen molar-refractivity contribution in [1.82, 2.24) is 14.9 Å². The molecule has 0 atom stereocenters. The molecular formula is C12H11ClFN3OS. The number of hydrogen-bond donors (Lipinski definition) is 1. The van der Waals surface area contributed by atoms with Crippen LogP contribution >= 0.6 is 23.1 Å². The summed E-state index contributed by atoms with van der Waals surface area (Å²) >= 11 is 6.91. The molecule has 1 amide bonds. The fraction of sp³-hybridized carbons (Fsp3) is 0.250. The highest BCUT2D eigenvalue weighted by Gasteiger charge is 2.15. The van der Waals surface area contributed by atoms with Crippen LogP contribution in [0, 0.1) is 5.82 Å². The molecule has 0 aliphatic carbocycles. The lowest BCUT2D eigenvalue weighted by Crippen LogP contribution is -2.23. The minimum absolute atomic E-state index is 0.0331. The van der Waals surface area contributed by atoms with Crippen molar-refractivity contribution < 1.29 is 9.18 Å². The van der Waals surface area contributed by atoms with Gasteiger partial charge in [-0.05, 0) is 30.1 Å². The van der Waals surface area contributed by atoms with Gasteiger partial charge in [0, 0.05) is 17.1 Å². The fourth-order valence-corrected chi connectivity index (χ4v) is 2.46. The van der Waals surface area contributed by atoms with Gasteiger partial charge in [-0.25, -0.2) is 4.39 Å². The highest BCUT2D eigenvalue weighted by molar-refractivity contribution is 7.08. The van der Waals surface area contributed by atoms with Crippen LogP contribution in [-0.4, -0.2) is 15.5 Å². The van der Waals surface area contributed by atoms with Gasteiger partial charge in [-0.1, -0.05) is 29.1 Å². The van der Waals surface area contributed by atoms with E-state index < -0.39 is 5.82 Å². The van der Waals surface area contributed by atoms with E-state index in [9.17, 15) is 9.18 Å². The predicted molar refractivity (Wildman–Crippen MR) is 71.9 cm³/mol. The molecule has 0 saturated heterocycles. The van der Waals surface area contributed by atoms with Crippen LogP contribution in [0.2, 0.25) is 5.02 Å². The van der Waals surface area contributed by atoms with E-state index in [0.717, 1.165) is 11.5 Å². The van der Waals surface area contributed by atoms with Gasteiger partial charge < -0.3 is 5.32 Å². The SMILES string of the molecule is CCc1nnsc1C(=O)NCc1c(F)cccc1Cl. The monoisotopic (exact) mass is 299 g/mol. The molecule has 1 aromatic carbocycles. The van der Waals surface area contributed by atoms with Crippen molar-refractivity contribution >= 4 is 29.0 Å². The van der Waals surface area contributed by atoms with E-state index in [0.29, 0.717) is 22.0 Å². The summed E-state index contributed by atoms with van der Waals surface area (Å²) in [5.41, 5.74) is 0.912. The molecule has 0 fully saturated rings. The second-order valence-corrected chi connectivity index (χ2v) is 4.95. The Morgan fingerprint density at radius 3 is 3.00 bits per heavy atom. The number of benzene rings is 1. The van der Waals surface area contributed by atoms with Crippen molar-refractivity contribution in [2.24, 2.45) is 0 Å². The molecule has 1 N–H and O–H groups in total. The molecule has 0 spiro atoms. The molecule has 0 aliphatic rings. The summed E-state index contributed by atoms with van der Waals surface area (Å²) in [6.45, 7) is 1.92. The molecule has 2 rings (SSSR count). The molecule has 2 aromatic rings. The molecule has 0 unspecified atom stereocenters. The van der Waals surface area contributed by atoms with Crippen molar-refractivity contribution in [1.29, 1.82) is 0 Å². The van der Waals surface area contributed by atoms with Gasteiger partial charge in [0.2, 0.25) is 0 Å². The Labute approximate surface area is 118 Å². The second kappa shape index (κ2) is 6.08. The molecule has 100 valence electrons. The van der Waals surface area contributed by atoms with Crippen LogP contribution in [0.5, 0.6) is 0 Å². The Balaban J connectivity index is 2.09. The van der Waals surface area contributed by atoms with E-state index >= 15 is 0 Å². The van der Waals surface area contributed by atoms with Gasteiger partial charge >= 0.3 is 0 Å². The van der Waals surface area contributed by atoms with Crippen LogP contribution in [0.1, 0.15) is 27.9 Å². The molecule has 1 heterocycles. The highest BCUT2D eigenvalue weighted by atomic mass is 35.5. The highest BCUT2D eigenvalue weighted by Crippen LogP contribution is 2.19. The summed E-state index contributed by atoms with van der Waals surface area (Å²) in [4.78, 5) is 12.4. The van der Waals surface area contributed by atoms with Gasteiger partial charge in [0.05, 0.1) is 5.69 Å². The summed E-state index contributed by atoms with van der Waals surface area (Å²) in [6, 6.07) is 4.40. The Morgan fingerprint density at radius 2 is 2.32 bits per heavy atom. The van der Waals surface area contributed by atoms with Crippen molar-refractivity contribution in [3.63, 3.8) is 0 Å². The molecule has 0 saturated carbocycles. The van der Waals surface area contributed by atoms with Crippen molar-refractivity contribution in [2.75, 3.05) is 0 Å². The first-order valence-corrected chi connectivity index (χ1v) is 6.81. The number of aromatic nitrogens is 2. The molecule has 19 heavy (non-hydrogen) atoms. The fourth-order valence-electron chi connectivity index (χ4n) is 1.56. The van der Waals surface area contributed by atoms with Crippen molar-refractivity contribution in [3.05, 3.63) is 45.2 Å². The van der Waals surface area contributed by atoms with Gasteiger partial charge in [0.1, 0.15) is 10.7 Å². The summed E-state index contributed by atoms with van der Waals surface area (Å²) in [5, 5.41) is 6.77. The maximum Gasteiger partial charge on any atom is 0.265 e. The maximum atomic E-state index is 13.5. The van der Waals surface area contributed by atoms with Gasteiger partial charge in [-0.15, -0.1) is 5.10 Å². The first-order valence-electron chi connectivity index (χ1n) is 5.65. The van der Waals surface area contributed by atoms with Crippen molar-refractivity contribution in [3.8, 4) is 0 Å². The lowest BCUT2D eigenvalue weighted by Gasteiger charge is -2.07. The molecular weight excluding hydrogens is 289 g/mol. The molecule has 0 aliphatic heterocycles. The third-order valence-corrected chi connectivity index (χ3v) is 3.71. The third-order valence-electron chi connectivity index (χ3n) is 2.58. The average Bonchev–Trinajstić information content (AvgIpc) is 2.86. The van der Waals surface area contributed by atoms with Crippen LogP contribution in [-0.2, 0) is 13.0 Å². The van der Waals surface area contributed by atoms with Crippen LogP contribution in [0.15, 0.2) is 18.2 Å². The zero-order valence-corrected chi connectivity index (χ0v) is 11.7. The number of aryl methyl sites for hydroxylation is 1. The average molecular weight is 300 g/mol. The summed E-state index contributed by atoms with van der Waals surface area (Å²) in [6.07, 6.45) is 0.625. The molecule has 0 bridgehead atoms. The molecule has 1 aromatic heterocycles. The Bertz CT molecular complexity index is 582. The maximum absolute atomic E-state index is 13.5. The Morgan fingerprint density at radius 1 is 1.53 bits per heavy atom. The van der Waals surface area contributed by atoms with Crippen molar-refractivity contribution in [2.45, 2.75) is 19.9 Å². The van der Waals surface area contributed by atoms with E-state index in [2.05, 4.69) is 14.9 Å². The van der Waals surface area contributed by atoms with Gasteiger partial charge in [0.25, 0.3) is 5.91 Å². The number of nitrogens with zero attached hydrogens (tertiary/aromatic N) is 2. The summed E-state index contributed by atoms with van der Waals surface area (Å²) in [5.74, 6) is -0.753. The first-order chi connectivity index (χ1) is 9.13. The standard InChI is InChI=1S/C12H11ClFN3OS/c1-2-10-11(19-17-16-10)12(18)15-6-7-8(13)4-3-5-9(7)14/h3-5H,2,6H2,1H3,(H,15,18). The first kappa shape index (κ1) is 13.9. The number of carbonyl (C=O) groups is 1. The number of rotatable bonds is 4. The summed E-state index contributed by atoms with van der Waals surface area (Å²) < 4.78 is 17.3. The zero-order chi connectivity index (χ0) is 13.8. The number of amides is 1. The van der Waals surface area contributed by atoms with E-state index in [1.54, 1.807) is 6.07 Å². The van der Waals surface area contributed by atoms with Crippen LogP contribution in [0.4, 0.5) is 4.39 Å². The minimum atomic E-state index is -0.439. The van der Waals surface area contributed by atoms with Gasteiger partial charge in [-0.2, -0.15) is 0 Å². The van der Waals surface area contributed by atoms with E-state index in [1.165, 1.54) is 12.1 Å². The normalized spacial score (nSPS) is 10.5. The number of nitrogens with one attached hydrogen (secondary N) is 1. The summed E-state index contributed by atoms with van der Waals surface area (Å²) in [7, 11) is 0. The van der Waals surface area contributed by atoms with E-state index in [4.69, 9.17) is 11.6 Å². The van der Waals surface area contributed by atoms with Crippen LogP contribution < -0.4 is 5.32 Å². The smallest absolute Gasteiger partial charge is 0.265 e. The van der Waals surface area contributed by atoms with E-state index in [1.807, 2.05) is 6.92 Å². The lowest BCUT2D eigenvalue weighted by atomic mass is 10.2. The Hall–Kier alpha value is -1.53. The van der Waals surface area contributed by atoms with Gasteiger partial charge in [0.15, 0.2) is 0 Å². The third kappa shape index (κ3) is 3.08. The molecule has 7 heteroatoms. The quantitative estimate of drug-likeness (QED) is 0.944. The Kier molecular flexibility index (Phi) is 4.44. The predicted octanol–water partition coefficient (Wildman–Crippen LogP) is 2.82. The number of halogens is 2. The lowest BCUT2D eigenvalue weighted by molar-refractivity contribution is 0.0953. The van der Waals surface area contributed by atoms with Crippen LogP contribution in [0.3, 0.4) is 0 Å². The topological polar surface area (TPSA) is 54.9 Å². The van der Waals surface area contributed by atoms with Crippen LogP contribution in [0.25, 0.3) is 0 Å². The zero-order valence-electron chi connectivity index (χ0n) is 10.1. The number of hydrogen-bond acceptors (Lipinski definition) is 4. The minimum Gasteiger partial charge on any atom is -0.347 e. The molecule has 4 nitrogen and oxygen atoms in total. The second-order valence-electron chi connectivity index (χ2n) is 3.79. The number of carbonyl (C=O) groups excluding carboxylic acids is 1. The largest absolute Gasteiger partial charge is 0.347 e. The van der Waals surface area contributed by atoms with E-state index in [-0.39, 0.29) is 18.0 Å². The van der Waals surface area contributed by atoms with Gasteiger partial charge in [-0.3, -0.25) is 4.79 Å². The molecule has 0 radical (unpaired) electrons.